The van der Waals surface area contributed by atoms with Crippen molar-refractivity contribution in [1.29, 1.82) is 0 Å². The lowest BCUT2D eigenvalue weighted by Gasteiger charge is -1.91. The number of hydrogen-bond donors (Lipinski definition) is 0. The van der Waals surface area contributed by atoms with Gasteiger partial charge < -0.3 is 0 Å². The topological polar surface area (TPSA) is 60.2 Å². The Hall–Kier alpha value is -1.97. The average Bonchev–Trinajstić information content (AvgIpc) is 2.15. The van der Waals surface area contributed by atoms with Gasteiger partial charge in [0, 0.05) is 11.6 Å². The summed E-state index contributed by atoms with van der Waals surface area (Å²) in [6.45, 7) is 0. The molecule has 1 rings (SSSR count). The van der Waals surface area contributed by atoms with E-state index in [1.54, 1.807) is 24.3 Å². The molecule has 0 saturated carbocycles. The van der Waals surface area contributed by atoms with E-state index in [9.17, 15) is 14.9 Å². The van der Waals surface area contributed by atoms with Crippen molar-refractivity contribution in [2.45, 2.75) is 0 Å². The van der Waals surface area contributed by atoms with Crippen LogP contribution in [-0.2, 0) is 0 Å². The Morgan fingerprint density at radius 3 is 2.62 bits per heavy atom. The van der Waals surface area contributed by atoms with Crippen LogP contribution in [0.5, 0.6) is 0 Å². The minimum atomic E-state index is -0.548. The molecular formula is C9H7NO3. The molecule has 0 aliphatic heterocycles. The van der Waals surface area contributed by atoms with Crippen molar-refractivity contribution < 1.29 is 9.72 Å². The third-order valence-electron chi connectivity index (χ3n) is 1.44. The zero-order valence-electron chi connectivity index (χ0n) is 6.71. The van der Waals surface area contributed by atoms with E-state index in [0.717, 1.165) is 6.20 Å². The molecule has 0 amide bonds. The summed E-state index contributed by atoms with van der Waals surface area (Å²) in [7, 11) is 0. The summed E-state index contributed by atoms with van der Waals surface area (Å²) in [5.74, 6) is 0. The predicted octanol–water partition coefficient (Wildman–Crippen LogP) is 1.75. The molecule has 0 aromatic heterocycles. The first-order valence-electron chi connectivity index (χ1n) is 3.59. The first kappa shape index (κ1) is 9.12. The number of hydrogen-bond acceptors (Lipinski definition) is 3. The van der Waals surface area contributed by atoms with E-state index in [-0.39, 0.29) is 0 Å². The van der Waals surface area contributed by atoms with Crippen LogP contribution in [0.15, 0.2) is 30.5 Å². The summed E-state index contributed by atoms with van der Waals surface area (Å²) in [6.07, 6.45) is 2.88. The Bertz CT molecular complexity index is 358. The molecule has 0 saturated heterocycles. The molecule has 0 radical (unpaired) electrons. The number of carbonyl (C=O) groups excluding carboxylic acids is 1. The molecule has 0 aliphatic rings. The van der Waals surface area contributed by atoms with E-state index in [1.807, 2.05) is 0 Å². The normalized spacial score (nSPS) is 10.2. The zero-order valence-corrected chi connectivity index (χ0v) is 6.71. The van der Waals surface area contributed by atoms with Crippen molar-refractivity contribution in [3.05, 3.63) is 51.7 Å². The maximum absolute atomic E-state index is 10.3. The highest BCUT2D eigenvalue weighted by Crippen LogP contribution is 2.04. The van der Waals surface area contributed by atoms with E-state index in [1.165, 1.54) is 6.08 Å². The van der Waals surface area contributed by atoms with E-state index < -0.39 is 4.92 Å². The minimum Gasteiger partial charge on any atom is -0.298 e. The third kappa shape index (κ3) is 2.86. The van der Waals surface area contributed by atoms with Crippen LogP contribution in [0.2, 0.25) is 0 Å². The maximum Gasteiger partial charge on any atom is 0.235 e. The number of nitrogens with zero attached hydrogens (tertiary/aromatic N) is 1. The fourth-order valence-corrected chi connectivity index (χ4v) is 0.883. The number of aldehydes is 1. The molecule has 13 heavy (non-hydrogen) atoms. The molecule has 1 aromatic carbocycles. The Balaban J connectivity index is 2.89. The van der Waals surface area contributed by atoms with Crippen LogP contribution in [0.3, 0.4) is 0 Å². The van der Waals surface area contributed by atoms with Gasteiger partial charge in [0.2, 0.25) is 6.20 Å². The van der Waals surface area contributed by atoms with Gasteiger partial charge in [0.1, 0.15) is 6.29 Å². The third-order valence-corrected chi connectivity index (χ3v) is 1.44. The second-order valence-corrected chi connectivity index (χ2v) is 2.39. The Morgan fingerprint density at radius 2 is 2.00 bits per heavy atom. The number of carbonyl (C=O) groups is 1. The molecule has 0 atom stereocenters. The maximum atomic E-state index is 10.3. The summed E-state index contributed by atoms with van der Waals surface area (Å²) < 4.78 is 0. The molecule has 66 valence electrons. The number of nitro groups is 1. The van der Waals surface area contributed by atoms with Gasteiger partial charge in [0.05, 0.1) is 4.92 Å². The molecular weight excluding hydrogens is 170 g/mol. The fourth-order valence-electron chi connectivity index (χ4n) is 0.883. The monoisotopic (exact) mass is 177 g/mol. The van der Waals surface area contributed by atoms with E-state index in [4.69, 9.17) is 0 Å². The van der Waals surface area contributed by atoms with Gasteiger partial charge in [-0.15, -0.1) is 0 Å². The van der Waals surface area contributed by atoms with E-state index in [0.29, 0.717) is 17.4 Å². The van der Waals surface area contributed by atoms with Crippen LogP contribution in [0.25, 0.3) is 6.08 Å². The molecule has 0 fully saturated rings. The molecule has 0 spiro atoms. The number of rotatable bonds is 3. The van der Waals surface area contributed by atoms with Gasteiger partial charge in [-0.1, -0.05) is 18.2 Å². The molecule has 0 unspecified atom stereocenters. The summed E-state index contributed by atoms with van der Waals surface area (Å²) in [5.41, 5.74) is 1.15. The van der Waals surface area contributed by atoms with Gasteiger partial charge in [-0.25, -0.2) is 0 Å². The highest BCUT2D eigenvalue weighted by atomic mass is 16.6. The van der Waals surface area contributed by atoms with Crippen molar-refractivity contribution in [3.63, 3.8) is 0 Å². The van der Waals surface area contributed by atoms with Crippen LogP contribution in [0, 0.1) is 10.1 Å². The van der Waals surface area contributed by atoms with Crippen LogP contribution < -0.4 is 0 Å². The largest absolute Gasteiger partial charge is 0.298 e. The van der Waals surface area contributed by atoms with Gasteiger partial charge in [0.15, 0.2) is 0 Å². The van der Waals surface area contributed by atoms with E-state index in [2.05, 4.69) is 0 Å². The first-order chi connectivity index (χ1) is 6.22. The number of benzene rings is 1. The average molecular weight is 177 g/mol. The van der Waals surface area contributed by atoms with Crippen molar-refractivity contribution in [2.24, 2.45) is 0 Å². The molecule has 4 nitrogen and oxygen atoms in total. The quantitative estimate of drug-likeness (QED) is 0.401. The highest BCUT2D eigenvalue weighted by Gasteiger charge is 1.92. The summed E-state index contributed by atoms with van der Waals surface area (Å²) in [5, 5.41) is 9.98. The smallest absolute Gasteiger partial charge is 0.235 e. The van der Waals surface area contributed by atoms with Gasteiger partial charge >= 0.3 is 0 Å². The van der Waals surface area contributed by atoms with Crippen LogP contribution >= 0.6 is 0 Å². The van der Waals surface area contributed by atoms with Gasteiger partial charge in [-0.2, -0.15) is 0 Å². The Kier molecular flexibility index (Phi) is 2.92. The molecule has 4 heteroatoms. The fraction of sp³-hybridized carbons (Fsp3) is 0. The van der Waals surface area contributed by atoms with Crippen molar-refractivity contribution >= 4 is 12.4 Å². The first-order valence-corrected chi connectivity index (χ1v) is 3.59. The van der Waals surface area contributed by atoms with Crippen LogP contribution in [0.1, 0.15) is 15.9 Å². The Labute approximate surface area is 74.7 Å². The molecule has 0 aliphatic carbocycles. The minimum absolute atomic E-state index is 0.505. The van der Waals surface area contributed by atoms with E-state index >= 15 is 0 Å². The summed E-state index contributed by atoms with van der Waals surface area (Å²) >= 11 is 0. The second kappa shape index (κ2) is 4.15. The molecule has 0 N–H and O–H groups in total. The predicted molar refractivity (Wildman–Crippen MR) is 47.9 cm³/mol. The van der Waals surface area contributed by atoms with Crippen molar-refractivity contribution in [1.82, 2.24) is 0 Å². The van der Waals surface area contributed by atoms with Crippen molar-refractivity contribution in [3.8, 4) is 0 Å². The lowest BCUT2D eigenvalue weighted by molar-refractivity contribution is -0.400. The summed E-state index contributed by atoms with van der Waals surface area (Å²) in [4.78, 5) is 19.8. The molecule has 0 bridgehead atoms. The van der Waals surface area contributed by atoms with Crippen LogP contribution in [-0.4, -0.2) is 11.2 Å². The second-order valence-electron chi connectivity index (χ2n) is 2.39. The SMILES string of the molecule is O=Cc1cccc(C=C[N+](=O)[O-])c1. The molecule has 0 heterocycles. The zero-order chi connectivity index (χ0) is 9.68. The molecule has 1 aromatic rings. The van der Waals surface area contributed by atoms with Crippen LogP contribution in [0.4, 0.5) is 0 Å². The van der Waals surface area contributed by atoms with Crippen molar-refractivity contribution in [2.75, 3.05) is 0 Å². The summed E-state index contributed by atoms with van der Waals surface area (Å²) in [6, 6.07) is 6.57. The lowest BCUT2D eigenvalue weighted by Crippen LogP contribution is -1.84. The Morgan fingerprint density at radius 1 is 1.31 bits per heavy atom. The lowest BCUT2D eigenvalue weighted by atomic mass is 10.1. The van der Waals surface area contributed by atoms with Gasteiger partial charge in [-0.05, 0) is 11.6 Å². The van der Waals surface area contributed by atoms with Gasteiger partial charge in [0.25, 0.3) is 0 Å². The highest BCUT2D eigenvalue weighted by molar-refractivity contribution is 5.76. The standard InChI is InChI=1S/C9H7NO3/c11-7-9-3-1-2-8(6-9)4-5-10(12)13/h1-7H. The van der Waals surface area contributed by atoms with Gasteiger partial charge in [-0.3, -0.25) is 14.9 Å².